The maximum Gasteiger partial charge on any atom is 0.165 e. The number of hydrogen-bond acceptors (Lipinski definition) is 4. The van der Waals surface area contributed by atoms with Crippen molar-refractivity contribution in [2.45, 2.75) is 33.4 Å². The van der Waals surface area contributed by atoms with E-state index >= 15 is 0 Å². The van der Waals surface area contributed by atoms with Gasteiger partial charge in [0, 0.05) is 11.6 Å². The lowest BCUT2D eigenvalue weighted by Crippen LogP contribution is -2.12. The number of nitrogens with zero attached hydrogens (tertiary/aromatic N) is 3. The van der Waals surface area contributed by atoms with Gasteiger partial charge in [0.2, 0.25) is 0 Å². The van der Waals surface area contributed by atoms with Crippen LogP contribution in [0.15, 0.2) is 24.5 Å². The Kier molecular flexibility index (Phi) is 4.34. The Labute approximate surface area is 123 Å². The highest BCUT2D eigenvalue weighted by Gasteiger charge is 2.10. The van der Waals surface area contributed by atoms with Crippen LogP contribution in [0.3, 0.4) is 0 Å². The van der Waals surface area contributed by atoms with Gasteiger partial charge in [-0.15, -0.1) is 0 Å². The van der Waals surface area contributed by atoms with E-state index in [1.165, 1.54) is 6.33 Å². The van der Waals surface area contributed by atoms with Gasteiger partial charge in [-0.05, 0) is 32.4 Å². The molecule has 1 aromatic heterocycles. The molecule has 0 spiro atoms. The summed E-state index contributed by atoms with van der Waals surface area (Å²) >= 11 is 4.98. The van der Waals surface area contributed by atoms with Gasteiger partial charge in [-0.1, -0.05) is 24.4 Å². The summed E-state index contributed by atoms with van der Waals surface area (Å²) in [4.78, 5) is 4.58. The lowest BCUT2D eigenvalue weighted by atomic mass is 10.1. The van der Waals surface area contributed by atoms with Crippen molar-refractivity contribution in [3.63, 3.8) is 0 Å². The fourth-order valence-electron chi connectivity index (χ4n) is 1.86. The van der Waals surface area contributed by atoms with Crippen LogP contribution in [0.2, 0.25) is 0 Å². The van der Waals surface area contributed by atoms with Crippen molar-refractivity contribution >= 4 is 17.2 Å². The molecule has 0 atom stereocenters. The molecule has 20 heavy (non-hydrogen) atoms. The fourth-order valence-corrected chi connectivity index (χ4v) is 1.99. The zero-order valence-electron chi connectivity index (χ0n) is 11.8. The lowest BCUT2D eigenvalue weighted by molar-refractivity contribution is 0.280. The first-order valence-corrected chi connectivity index (χ1v) is 6.81. The van der Waals surface area contributed by atoms with Crippen LogP contribution in [0.5, 0.6) is 5.75 Å². The van der Waals surface area contributed by atoms with E-state index in [1.54, 1.807) is 0 Å². The second kappa shape index (κ2) is 6.00. The van der Waals surface area contributed by atoms with Crippen molar-refractivity contribution in [2.75, 3.05) is 0 Å². The molecule has 0 aliphatic rings. The summed E-state index contributed by atoms with van der Waals surface area (Å²) in [5.74, 6) is 1.55. The van der Waals surface area contributed by atoms with E-state index in [2.05, 4.69) is 23.9 Å². The zero-order chi connectivity index (χ0) is 14.7. The summed E-state index contributed by atoms with van der Waals surface area (Å²) in [6.45, 7) is 6.44. The summed E-state index contributed by atoms with van der Waals surface area (Å²) in [6.07, 6.45) is 1.54. The highest BCUT2D eigenvalue weighted by Crippen LogP contribution is 2.21. The van der Waals surface area contributed by atoms with E-state index in [1.807, 2.05) is 29.8 Å². The van der Waals surface area contributed by atoms with E-state index < -0.39 is 0 Å². The predicted octanol–water partition coefficient (Wildman–Crippen LogP) is 2.38. The summed E-state index contributed by atoms with van der Waals surface area (Å²) in [5.41, 5.74) is 7.46. The summed E-state index contributed by atoms with van der Waals surface area (Å²) < 4.78 is 7.66. The minimum Gasteiger partial charge on any atom is -0.485 e. The van der Waals surface area contributed by atoms with Gasteiger partial charge in [-0.3, -0.25) is 0 Å². The maximum atomic E-state index is 5.82. The van der Waals surface area contributed by atoms with Crippen LogP contribution in [0.25, 0.3) is 0 Å². The van der Waals surface area contributed by atoms with Gasteiger partial charge in [0.25, 0.3) is 0 Å². The average Bonchev–Trinajstić information content (AvgIpc) is 2.86. The Balaban J connectivity index is 2.16. The van der Waals surface area contributed by atoms with Gasteiger partial charge >= 0.3 is 0 Å². The third-order valence-corrected chi connectivity index (χ3v) is 3.20. The smallest absolute Gasteiger partial charge is 0.165 e. The second-order valence-corrected chi connectivity index (χ2v) is 5.29. The second-order valence-electron chi connectivity index (χ2n) is 4.85. The molecule has 2 rings (SSSR count). The third kappa shape index (κ3) is 3.14. The Hall–Kier alpha value is -1.95. The van der Waals surface area contributed by atoms with Crippen molar-refractivity contribution in [1.29, 1.82) is 0 Å². The normalized spacial score (nSPS) is 10.8. The van der Waals surface area contributed by atoms with Crippen LogP contribution in [0.1, 0.15) is 36.8 Å². The summed E-state index contributed by atoms with van der Waals surface area (Å²) in [7, 11) is 0. The Bertz CT molecular complexity index is 621. The summed E-state index contributed by atoms with van der Waals surface area (Å²) in [5, 5.41) is 4.18. The molecule has 2 aromatic rings. The largest absolute Gasteiger partial charge is 0.485 e. The highest BCUT2D eigenvalue weighted by molar-refractivity contribution is 7.80. The van der Waals surface area contributed by atoms with Crippen LogP contribution in [0, 0.1) is 6.92 Å². The lowest BCUT2D eigenvalue weighted by Gasteiger charge is -2.12. The van der Waals surface area contributed by atoms with Crippen LogP contribution in [-0.2, 0) is 6.61 Å². The van der Waals surface area contributed by atoms with Crippen molar-refractivity contribution in [2.24, 2.45) is 5.73 Å². The van der Waals surface area contributed by atoms with Gasteiger partial charge in [-0.2, -0.15) is 5.10 Å². The number of thiocarbonyl (C=S) groups is 1. The van der Waals surface area contributed by atoms with Gasteiger partial charge in [-0.25, -0.2) is 9.67 Å². The van der Waals surface area contributed by atoms with E-state index in [0.717, 1.165) is 22.7 Å². The Morgan fingerprint density at radius 1 is 1.45 bits per heavy atom. The number of aromatic nitrogens is 3. The molecule has 1 aromatic carbocycles. The summed E-state index contributed by atoms with van der Waals surface area (Å²) in [6, 6.07) is 5.94. The molecule has 6 heteroatoms. The molecule has 0 fully saturated rings. The van der Waals surface area contributed by atoms with Gasteiger partial charge < -0.3 is 10.5 Å². The van der Waals surface area contributed by atoms with E-state index in [9.17, 15) is 0 Å². The minimum atomic E-state index is 0.250. The van der Waals surface area contributed by atoms with Crippen molar-refractivity contribution < 1.29 is 4.74 Å². The van der Waals surface area contributed by atoms with Gasteiger partial charge in [0.05, 0.1) is 0 Å². The number of nitrogens with two attached hydrogens (primary N) is 1. The molecule has 0 bridgehead atoms. The minimum absolute atomic E-state index is 0.250. The van der Waals surface area contributed by atoms with Crippen LogP contribution < -0.4 is 10.5 Å². The van der Waals surface area contributed by atoms with Gasteiger partial charge in [0.15, 0.2) is 5.82 Å². The molecule has 2 N–H and O–H groups in total. The zero-order valence-corrected chi connectivity index (χ0v) is 12.6. The highest BCUT2D eigenvalue weighted by atomic mass is 32.1. The van der Waals surface area contributed by atoms with E-state index in [4.69, 9.17) is 22.7 Å². The first-order valence-electron chi connectivity index (χ1n) is 6.40. The van der Waals surface area contributed by atoms with Crippen LogP contribution in [-0.4, -0.2) is 19.8 Å². The monoisotopic (exact) mass is 290 g/mol. The molecular formula is C14H18N4OS. The topological polar surface area (TPSA) is 66.0 Å². The molecule has 0 saturated carbocycles. The van der Waals surface area contributed by atoms with Crippen molar-refractivity contribution in [3.8, 4) is 5.75 Å². The van der Waals surface area contributed by atoms with Crippen LogP contribution in [0.4, 0.5) is 0 Å². The Morgan fingerprint density at radius 3 is 2.85 bits per heavy atom. The average molecular weight is 290 g/mol. The number of aryl methyl sites for hydroxylation is 1. The molecule has 0 saturated heterocycles. The first-order chi connectivity index (χ1) is 9.49. The number of benzene rings is 1. The molecule has 0 unspecified atom stereocenters. The molecular weight excluding hydrogens is 272 g/mol. The number of ether oxygens (including phenoxy) is 1. The predicted molar refractivity (Wildman–Crippen MR) is 81.8 cm³/mol. The molecule has 106 valence electrons. The Morgan fingerprint density at radius 2 is 2.20 bits per heavy atom. The van der Waals surface area contributed by atoms with Crippen molar-refractivity contribution in [3.05, 3.63) is 41.5 Å². The van der Waals surface area contributed by atoms with Crippen molar-refractivity contribution in [1.82, 2.24) is 14.8 Å². The standard InChI is InChI=1S/C14H18N4OS/c1-9(2)18-13(16-8-17-18)7-19-12-6-11(14(15)20)5-4-10(12)3/h4-6,8-9H,7H2,1-3H3,(H2,15,20). The molecule has 0 radical (unpaired) electrons. The number of hydrogen-bond donors (Lipinski definition) is 1. The van der Waals surface area contributed by atoms with E-state index in [0.29, 0.717) is 11.6 Å². The molecule has 5 nitrogen and oxygen atoms in total. The van der Waals surface area contributed by atoms with Gasteiger partial charge in [0.1, 0.15) is 23.7 Å². The van der Waals surface area contributed by atoms with Crippen LogP contribution >= 0.6 is 12.2 Å². The maximum absolute atomic E-state index is 5.82. The fraction of sp³-hybridized carbons (Fsp3) is 0.357. The third-order valence-electron chi connectivity index (χ3n) is 2.97. The first kappa shape index (κ1) is 14.5. The molecule has 0 aliphatic carbocycles. The molecule has 0 amide bonds. The SMILES string of the molecule is Cc1ccc(C(N)=S)cc1OCc1ncnn1C(C)C. The molecule has 1 heterocycles. The van der Waals surface area contributed by atoms with E-state index in [-0.39, 0.29) is 6.04 Å². The number of rotatable bonds is 5. The molecule has 0 aliphatic heterocycles. The quantitative estimate of drug-likeness (QED) is 0.856.